The van der Waals surface area contributed by atoms with Gasteiger partial charge in [0.05, 0.1) is 0 Å². The number of rotatable bonds is 27. The van der Waals surface area contributed by atoms with Crippen LogP contribution in [0.4, 0.5) is 0 Å². The molecule has 0 rings (SSSR count). The Bertz CT molecular complexity index is 1310. The van der Waals surface area contributed by atoms with Gasteiger partial charge < -0.3 is 65.5 Å². The molecule has 52 heavy (non-hydrogen) atoms. The zero-order valence-corrected chi connectivity index (χ0v) is 30.0. The van der Waals surface area contributed by atoms with Crippen LogP contribution in [0.1, 0.15) is 64.7 Å². The number of aliphatic carboxylic acids is 2. The predicted molar refractivity (Wildman–Crippen MR) is 191 cm³/mol. The Balaban J connectivity index is 6.23. The highest BCUT2D eigenvalue weighted by molar-refractivity contribution is 7.98. The van der Waals surface area contributed by atoms with Crippen molar-refractivity contribution >= 4 is 71.1 Å². The number of aliphatic imine (C=N–C) groups is 2. The molecule has 294 valence electrons. The number of guanidine groups is 2. The molecular formula is C29H52N12O10S. The molecule has 0 saturated carbocycles. The fourth-order valence-corrected chi connectivity index (χ4v) is 4.95. The summed E-state index contributed by atoms with van der Waals surface area (Å²) in [4.78, 5) is 107. The first-order valence-electron chi connectivity index (χ1n) is 16.2. The second kappa shape index (κ2) is 25.6. The number of primary amides is 1. The van der Waals surface area contributed by atoms with Crippen molar-refractivity contribution in [3.05, 3.63) is 0 Å². The number of amides is 6. The maximum absolute atomic E-state index is 13.6. The van der Waals surface area contributed by atoms with Gasteiger partial charge in [-0.15, -0.1) is 0 Å². The smallest absolute Gasteiger partial charge is 0.303 e. The summed E-state index contributed by atoms with van der Waals surface area (Å²) in [6, 6.07) is -6.65. The summed E-state index contributed by atoms with van der Waals surface area (Å²) in [6.07, 6.45) is 0.415. The summed E-state index contributed by atoms with van der Waals surface area (Å²) < 4.78 is 0. The SMILES string of the molecule is CSCC[C@H](NC(=O)[C@H](CCC(=O)O)NC(C)=O)C(=O)N[C@@H](CCC(=O)O)C(=O)N[C@@H](CCCN=C(N)N)C(=O)N[C@@H](CCCN=C(N)N)C(N)=O. The first kappa shape index (κ1) is 46.6. The lowest BCUT2D eigenvalue weighted by atomic mass is 10.0. The summed E-state index contributed by atoms with van der Waals surface area (Å²) in [6.45, 7) is 1.32. The van der Waals surface area contributed by atoms with Crippen LogP contribution in [0.15, 0.2) is 9.98 Å². The number of carbonyl (C=O) groups is 8. The van der Waals surface area contributed by atoms with Crippen LogP contribution in [-0.4, -0.2) is 125 Å². The van der Waals surface area contributed by atoms with Gasteiger partial charge in [-0.2, -0.15) is 11.8 Å². The molecule has 0 aliphatic rings. The van der Waals surface area contributed by atoms with Crippen molar-refractivity contribution in [3.8, 4) is 0 Å². The average molecular weight is 761 g/mol. The van der Waals surface area contributed by atoms with Gasteiger partial charge in [0.15, 0.2) is 11.9 Å². The third-order valence-electron chi connectivity index (χ3n) is 7.05. The molecular weight excluding hydrogens is 708 g/mol. The van der Waals surface area contributed by atoms with E-state index in [9.17, 15) is 43.5 Å². The average Bonchev–Trinajstić information content (AvgIpc) is 3.04. The monoisotopic (exact) mass is 760 g/mol. The van der Waals surface area contributed by atoms with E-state index < -0.39 is 96.9 Å². The molecule has 0 aromatic carbocycles. The van der Waals surface area contributed by atoms with Crippen LogP contribution in [-0.2, 0) is 38.4 Å². The molecule has 0 aromatic rings. The molecule has 0 radical (unpaired) electrons. The molecule has 22 nitrogen and oxygen atoms in total. The van der Waals surface area contributed by atoms with Gasteiger partial charge in [-0.25, -0.2) is 0 Å². The summed E-state index contributed by atoms with van der Waals surface area (Å²) in [7, 11) is 0. The number of thioether (sulfide) groups is 1. The van der Waals surface area contributed by atoms with Gasteiger partial charge in [0.25, 0.3) is 0 Å². The minimum absolute atomic E-state index is 0.0330. The third kappa shape index (κ3) is 21.7. The van der Waals surface area contributed by atoms with Gasteiger partial charge in [0.2, 0.25) is 35.4 Å². The van der Waals surface area contributed by atoms with Crippen LogP contribution in [0.5, 0.6) is 0 Å². The molecule has 0 unspecified atom stereocenters. The van der Waals surface area contributed by atoms with E-state index in [4.69, 9.17) is 33.8 Å². The molecule has 0 spiro atoms. The highest BCUT2D eigenvalue weighted by Crippen LogP contribution is 2.09. The van der Waals surface area contributed by atoms with E-state index in [0.29, 0.717) is 5.75 Å². The van der Waals surface area contributed by atoms with Crippen LogP contribution in [0, 0.1) is 0 Å². The van der Waals surface area contributed by atoms with Crippen LogP contribution < -0.4 is 55.3 Å². The van der Waals surface area contributed by atoms with Gasteiger partial charge in [0.1, 0.15) is 30.2 Å². The lowest BCUT2D eigenvalue weighted by molar-refractivity contribution is -0.138. The third-order valence-corrected chi connectivity index (χ3v) is 7.69. The molecule has 0 aliphatic carbocycles. The molecule has 0 saturated heterocycles. The number of hydrogen-bond acceptors (Lipinski definition) is 11. The Labute approximate surface area is 304 Å². The molecule has 17 N–H and O–H groups in total. The topological polar surface area (TPSA) is 392 Å². The second-order valence-corrected chi connectivity index (χ2v) is 12.4. The number of nitrogens with two attached hydrogens (primary N) is 5. The number of nitrogens with zero attached hydrogens (tertiary/aromatic N) is 2. The number of nitrogens with one attached hydrogen (secondary N) is 5. The van der Waals surface area contributed by atoms with Crippen molar-refractivity contribution in [2.24, 2.45) is 38.7 Å². The molecule has 0 fully saturated rings. The van der Waals surface area contributed by atoms with Gasteiger partial charge in [-0.3, -0.25) is 48.3 Å². The first-order chi connectivity index (χ1) is 24.4. The van der Waals surface area contributed by atoms with E-state index in [1.807, 2.05) is 0 Å². The van der Waals surface area contributed by atoms with Crippen LogP contribution in [0.25, 0.3) is 0 Å². The zero-order valence-electron chi connectivity index (χ0n) is 29.2. The number of carboxylic acid groups (broad SMARTS) is 2. The normalized spacial score (nSPS) is 13.4. The van der Waals surface area contributed by atoms with Crippen LogP contribution in [0.3, 0.4) is 0 Å². The lowest BCUT2D eigenvalue weighted by Gasteiger charge is -2.27. The fraction of sp³-hybridized carbons (Fsp3) is 0.655. The van der Waals surface area contributed by atoms with E-state index in [1.54, 1.807) is 6.26 Å². The summed E-state index contributed by atoms with van der Waals surface area (Å²) >= 11 is 1.33. The predicted octanol–water partition coefficient (Wildman–Crippen LogP) is -4.49. The highest BCUT2D eigenvalue weighted by atomic mass is 32.2. The Kier molecular flexibility index (Phi) is 22.9. The van der Waals surface area contributed by atoms with E-state index in [1.165, 1.54) is 11.8 Å². The second-order valence-electron chi connectivity index (χ2n) is 11.4. The van der Waals surface area contributed by atoms with E-state index in [-0.39, 0.29) is 63.5 Å². The standard InChI is InChI=1S/C29H52N12O10S/c1-15(42)37-18(7-9-21(43)44)25(49)41-20(11-14-52-2)27(51)40-19(8-10-22(45)46)26(50)39-17(6-4-13-36-29(33)34)24(48)38-16(23(30)47)5-3-12-35-28(31)32/h16-20H,3-14H2,1-2H3,(H2,30,47)(H,37,42)(H,38,48)(H,39,50)(H,40,51)(H,41,49)(H,43,44)(H,45,46)(H4,31,32,35)(H4,33,34,36)/t16-,17-,18-,19-,20-/m0/s1. The van der Waals surface area contributed by atoms with Crippen molar-refractivity contribution in [1.82, 2.24) is 26.6 Å². The van der Waals surface area contributed by atoms with Crippen molar-refractivity contribution < 1.29 is 48.6 Å². The van der Waals surface area contributed by atoms with Crippen molar-refractivity contribution in [3.63, 3.8) is 0 Å². The molecule has 5 atom stereocenters. The van der Waals surface area contributed by atoms with Crippen LogP contribution in [0.2, 0.25) is 0 Å². The highest BCUT2D eigenvalue weighted by Gasteiger charge is 2.32. The summed E-state index contributed by atoms with van der Waals surface area (Å²) in [5.74, 6) is -7.61. The Morgan fingerprint density at radius 3 is 1.25 bits per heavy atom. The van der Waals surface area contributed by atoms with Gasteiger partial charge >= 0.3 is 11.9 Å². The van der Waals surface area contributed by atoms with E-state index in [0.717, 1.165) is 6.92 Å². The zero-order chi connectivity index (χ0) is 39.8. The molecule has 23 heteroatoms. The van der Waals surface area contributed by atoms with E-state index >= 15 is 0 Å². The number of carboxylic acids is 2. The minimum Gasteiger partial charge on any atom is -0.481 e. The maximum atomic E-state index is 13.6. The van der Waals surface area contributed by atoms with Crippen molar-refractivity contribution in [2.75, 3.05) is 25.1 Å². The molecule has 0 bridgehead atoms. The Morgan fingerprint density at radius 2 is 0.904 bits per heavy atom. The largest absolute Gasteiger partial charge is 0.481 e. The van der Waals surface area contributed by atoms with Crippen molar-refractivity contribution in [1.29, 1.82) is 0 Å². The number of carbonyl (C=O) groups excluding carboxylic acids is 6. The minimum atomic E-state index is -1.53. The van der Waals surface area contributed by atoms with Crippen LogP contribution >= 0.6 is 11.8 Å². The number of hydrogen-bond donors (Lipinski definition) is 12. The first-order valence-corrected chi connectivity index (χ1v) is 17.6. The summed E-state index contributed by atoms with van der Waals surface area (Å²) in [5, 5.41) is 30.6. The Morgan fingerprint density at radius 1 is 0.558 bits per heavy atom. The molecule has 0 heterocycles. The summed E-state index contributed by atoms with van der Waals surface area (Å²) in [5.41, 5.74) is 26.8. The maximum Gasteiger partial charge on any atom is 0.303 e. The quantitative estimate of drug-likeness (QED) is 0.0213. The Hall–Kier alpha value is -5.35. The molecule has 0 aliphatic heterocycles. The molecule has 6 amide bonds. The van der Waals surface area contributed by atoms with Gasteiger partial charge in [-0.1, -0.05) is 0 Å². The van der Waals surface area contributed by atoms with Gasteiger partial charge in [0, 0.05) is 32.9 Å². The lowest BCUT2D eigenvalue weighted by Crippen LogP contribution is -2.59. The van der Waals surface area contributed by atoms with E-state index in [2.05, 4.69) is 36.6 Å². The fourth-order valence-electron chi connectivity index (χ4n) is 4.47. The van der Waals surface area contributed by atoms with Crippen molar-refractivity contribution in [2.45, 2.75) is 94.9 Å². The van der Waals surface area contributed by atoms with Gasteiger partial charge in [-0.05, 0) is 57.0 Å². The molecule has 0 aromatic heterocycles.